The molecule has 36 heavy (non-hydrogen) atoms. The van der Waals surface area contributed by atoms with E-state index in [0.29, 0.717) is 17.4 Å². The number of hydrogen-bond donors (Lipinski definition) is 1. The second kappa shape index (κ2) is 8.57. The van der Waals surface area contributed by atoms with Crippen molar-refractivity contribution in [3.63, 3.8) is 0 Å². The van der Waals surface area contributed by atoms with Gasteiger partial charge in [0.15, 0.2) is 0 Å². The lowest BCUT2D eigenvalue weighted by atomic mass is 9.48. The minimum absolute atomic E-state index is 0.171. The van der Waals surface area contributed by atoms with Crippen LogP contribution in [0.1, 0.15) is 51.4 Å². The molecule has 2 aromatic carbocycles. The van der Waals surface area contributed by atoms with E-state index in [-0.39, 0.29) is 11.5 Å². The van der Waals surface area contributed by atoms with Crippen LogP contribution in [-0.4, -0.2) is 50.7 Å². The minimum Gasteiger partial charge on any atom is -0.391 e. The largest absolute Gasteiger partial charge is 0.391 e. The van der Waals surface area contributed by atoms with Gasteiger partial charge < -0.3 is 10.0 Å². The fraction of sp³-hybridized carbons (Fsp3) is 0.600. The molecule has 6 aliphatic rings. The Morgan fingerprint density at radius 2 is 1.44 bits per heavy atom. The molecule has 5 fully saturated rings. The van der Waals surface area contributed by atoms with Crippen molar-refractivity contribution in [2.75, 3.05) is 30.5 Å². The van der Waals surface area contributed by atoms with Gasteiger partial charge in [0, 0.05) is 24.2 Å². The number of benzene rings is 2. The van der Waals surface area contributed by atoms with Crippen molar-refractivity contribution in [3.05, 3.63) is 48.5 Å². The zero-order valence-corrected chi connectivity index (χ0v) is 21.9. The van der Waals surface area contributed by atoms with Crippen molar-refractivity contribution in [3.8, 4) is 11.1 Å². The first-order chi connectivity index (χ1) is 17.4. The maximum absolute atomic E-state index is 13.6. The molecule has 2 heterocycles. The first-order valence-electron chi connectivity index (χ1n) is 14.0. The molecule has 0 radical (unpaired) electrons. The third-order valence-electron chi connectivity index (χ3n) is 10.3. The quantitative estimate of drug-likeness (QED) is 0.609. The number of anilines is 1. The highest BCUT2D eigenvalue weighted by molar-refractivity contribution is 7.93. The SMILES string of the molecule is O=S1(=O)c2ccccc2-c2ccccc2N1CC1CCN(C[C@@H](O)C23CC4CC(CC(C4)C2)C3)CC1. The molecule has 0 spiro atoms. The molecule has 0 unspecified atom stereocenters. The van der Waals surface area contributed by atoms with E-state index >= 15 is 0 Å². The summed E-state index contributed by atoms with van der Waals surface area (Å²) in [5, 5.41) is 11.4. The number of aliphatic hydroxyl groups is 1. The van der Waals surface area contributed by atoms with E-state index in [1.807, 2.05) is 42.5 Å². The first-order valence-corrected chi connectivity index (χ1v) is 15.5. The highest BCUT2D eigenvalue weighted by Crippen LogP contribution is 2.61. The van der Waals surface area contributed by atoms with Gasteiger partial charge in [0.25, 0.3) is 10.0 Å². The lowest BCUT2D eigenvalue weighted by molar-refractivity contribution is -0.127. The van der Waals surface area contributed by atoms with Gasteiger partial charge in [-0.25, -0.2) is 8.42 Å². The Bertz CT molecular complexity index is 1220. The van der Waals surface area contributed by atoms with Crippen molar-refractivity contribution in [2.45, 2.75) is 62.4 Å². The number of sulfonamides is 1. The Labute approximate surface area is 215 Å². The molecule has 0 aromatic heterocycles. The van der Waals surface area contributed by atoms with E-state index in [1.54, 1.807) is 10.4 Å². The van der Waals surface area contributed by atoms with E-state index < -0.39 is 10.0 Å². The summed E-state index contributed by atoms with van der Waals surface area (Å²) >= 11 is 0. The smallest absolute Gasteiger partial charge is 0.264 e. The summed E-state index contributed by atoms with van der Waals surface area (Å²) in [6.07, 6.45) is 9.68. The molecule has 192 valence electrons. The number of para-hydroxylation sites is 1. The number of β-amino-alcohol motifs (C(OH)–C–C–N with tert-alkyl or cyclic N) is 1. The van der Waals surface area contributed by atoms with Crippen LogP contribution in [0.3, 0.4) is 0 Å². The normalized spacial score (nSPS) is 33.8. The predicted octanol–water partition coefficient (Wildman–Crippen LogP) is 5.15. The van der Waals surface area contributed by atoms with Crippen LogP contribution in [0.25, 0.3) is 11.1 Å². The Morgan fingerprint density at radius 3 is 2.11 bits per heavy atom. The van der Waals surface area contributed by atoms with Crippen molar-refractivity contribution in [1.82, 2.24) is 4.90 Å². The van der Waals surface area contributed by atoms with E-state index in [4.69, 9.17) is 0 Å². The minimum atomic E-state index is -3.57. The van der Waals surface area contributed by atoms with Gasteiger partial charge in [-0.1, -0.05) is 36.4 Å². The third-order valence-corrected chi connectivity index (χ3v) is 12.1. The van der Waals surface area contributed by atoms with Crippen LogP contribution in [0.2, 0.25) is 0 Å². The molecule has 2 aromatic rings. The van der Waals surface area contributed by atoms with Crippen LogP contribution in [0.5, 0.6) is 0 Å². The second-order valence-corrected chi connectivity index (χ2v) is 14.4. The molecule has 1 N–H and O–H groups in total. The van der Waals surface area contributed by atoms with Gasteiger partial charge in [0.05, 0.1) is 16.7 Å². The molecular formula is C30H38N2O3S. The number of piperidine rings is 1. The zero-order chi connectivity index (χ0) is 24.5. The van der Waals surface area contributed by atoms with Gasteiger partial charge in [-0.15, -0.1) is 0 Å². The van der Waals surface area contributed by atoms with E-state index in [9.17, 15) is 13.5 Å². The monoisotopic (exact) mass is 506 g/mol. The highest BCUT2D eigenvalue weighted by Gasteiger charge is 2.54. The van der Waals surface area contributed by atoms with Gasteiger partial charge in [-0.05, 0) is 106 Å². The summed E-state index contributed by atoms with van der Waals surface area (Å²) in [6.45, 7) is 3.20. The number of nitrogens with zero attached hydrogens (tertiary/aromatic N) is 2. The van der Waals surface area contributed by atoms with Gasteiger partial charge in [-0.3, -0.25) is 4.31 Å². The first kappa shape index (κ1) is 23.2. The van der Waals surface area contributed by atoms with Crippen LogP contribution in [-0.2, 0) is 10.0 Å². The van der Waals surface area contributed by atoms with Crippen molar-refractivity contribution in [2.24, 2.45) is 29.1 Å². The van der Waals surface area contributed by atoms with Gasteiger partial charge >= 0.3 is 0 Å². The van der Waals surface area contributed by atoms with Crippen LogP contribution >= 0.6 is 0 Å². The molecular weight excluding hydrogens is 468 g/mol. The van der Waals surface area contributed by atoms with E-state index in [1.165, 1.54) is 38.5 Å². The molecule has 1 saturated heterocycles. The maximum Gasteiger partial charge on any atom is 0.264 e. The average molecular weight is 507 g/mol. The molecule has 4 saturated carbocycles. The lowest BCUT2D eigenvalue weighted by Gasteiger charge is -2.59. The number of fused-ring (bicyclic) bond motifs is 3. The number of hydrogen-bond acceptors (Lipinski definition) is 4. The van der Waals surface area contributed by atoms with Crippen LogP contribution in [0.15, 0.2) is 53.4 Å². The van der Waals surface area contributed by atoms with Gasteiger partial charge in [0.1, 0.15) is 0 Å². The van der Waals surface area contributed by atoms with Crippen LogP contribution in [0, 0.1) is 29.1 Å². The topological polar surface area (TPSA) is 60.9 Å². The highest BCUT2D eigenvalue weighted by atomic mass is 32.2. The average Bonchev–Trinajstić information content (AvgIpc) is 2.87. The number of rotatable bonds is 5. The summed E-state index contributed by atoms with van der Waals surface area (Å²) < 4.78 is 28.9. The Hall–Kier alpha value is -1.89. The molecule has 8 rings (SSSR count). The summed E-state index contributed by atoms with van der Waals surface area (Å²) in [5.41, 5.74) is 2.78. The van der Waals surface area contributed by atoms with Crippen LogP contribution in [0.4, 0.5) is 5.69 Å². The number of aliphatic hydroxyl groups excluding tert-OH is 1. The summed E-state index contributed by atoms with van der Waals surface area (Å²) in [7, 11) is -3.57. The maximum atomic E-state index is 13.6. The molecule has 4 aliphatic carbocycles. The predicted molar refractivity (Wildman–Crippen MR) is 142 cm³/mol. The lowest BCUT2D eigenvalue weighted by Crippen LogP contribution is -2.55. The molecule has 5 nitrogen and oxygen atoms in total. The van der Waals surface area contributed by atoms with E-state index in [2.05, 4.69) is 4.90 Å². The molecule has 2 aliphatic heterocycles. The van der Waals surface area contributed by atoms with Crippen molar-refractivity contribution < 1.29 is 13.5 Å². The van der Waals surface area contributed by atoms with E-state index in [0.717, 1.165) is 67.0 Å². The van der Waals surface area contributed by atoms with Crippen molar-refractivity contribution >= 4 is 15.7 Å². The fourth-order valence-corrected chi connectivity index (χ4v) is 10.7. The number of likely N-dealkylation sites (tertiary alicyclic amines) is 1. The van der Waals surface area contributed by atoms with Gasteiger partial charge in [-0.2, -0.15) is 0 Å². The van der Waals surface area contributed by atoms with Gasteiger partial charge in [0.2, 0.25) is 0 Å². The van der Waals surface area contributed by atoms with Crippen molar-refractivity contribution in [1.29, 1.82) is 0 Å². The third kappa shape index (κ3) is 3.74. The fourth-order valence-electron chi connectivity index (χ4n) is 8.89. The summed E-state index contributed by atoms with van der Waals surface area (Å²) in [4.78, 5) is 2.87. The van der Waals surface area contributed by atoms with Crippen LogP contribution < -0.4 is 4.31 Å². The Balaban J connectivity index is 1.03. The Morgan fingerprint density at radius 1 is 0.861 bits per heavy atom. The zero-order valence-electron chi connectivity index (χ0n) is 21.1. The summed E-state index contributed by atoms with van der Waals surface area (Å²) in [6, 6.07) is 15.3. The standard InChI is InChI=1S/C30H38N2O3S/c33-29(30-16-22-13-23(17-30)15-24(14-22)18-30)20-31-11-9-21(10-12-31)19-32-27-7-3-1-5-25(27)26-6-2-4-8-28(26)36(32,34)35/h1-8,21-24,29,33H,9-20H2/t22?,23?,24?,29-,30?/m1/s1. The Kier molecular flexibility index (Phi) is 5.53. The second-order valence-electron chi connectivity index (χ2n) is 12.6. The summed E-state index contributed by atoms with van der Waals surface area (Å²) in [5.74, 6) is 2.90. The molecule has 1 atom stereocenters. The molecule has 0 amide bonds. The molecule has 4 bridgehead atoms. The molecule has 6 heteroatoms.